The second kappa shape index (κ2) is 12.7. The summed E-state index contributed by atoms with van der Waals surface area (Å²) in [7, 11) is 0. The molecule has 9 aromatic rings. The van der Waals surface area contributed by atoms with Crippen molar-refractivity contribution in [3.05, 3.63) is 181 Å². The zero-order valence-corrected chi connectivity index (χ0v) is 32.8. The molecule has 2 heterocycles. The summed E-state index contributed by atoms with van der Waals surface area (Å²) >= 11 is 0. The van der Waals surface area contributed by atoms with Crippen molar-refractivity contribution in [3.8, 4) is 62.1 Å². The first kappa shape index (κ1) is 33.3. The van der Waals surface area contributed by atoms with Crippen LogP contribution in [0.15, 0.2) is 170 Å². The van der Waals surface area contributed by atoms with E-state index in [2.05, 4.69) is 168 Å². The first-order valence-corrected chi connectivity index (χ1v) is 21.5. The number of fused-ring (bicyclic) bond motifs is 6. The summed E-state index contributed by atoms with van der Waals surface area (Å²) in [4.78, 5) is 15.9. The molecule has 4 nitrogen and oxygen atoms in total. The average molecular weight is 759 g/mol. The standard InChI is InChI=1S/C55H42N4/c1-2-12-37(13-3-1)52-56-53(39-15-10-14-38(33-39)36-24-26-42(27-25-36)59-49-22-8-5-16-43(49)44-17-6-9-23-50(44)59)58-54(57-52)46-19-11-21-48-51(46)45-18-4-7-20-47(45)55(48)40-29-34-28-35(31-40)32-41(55)30-34/h1-27,33-35,40-41H,28-32H2. The molecule has 0 N–H and O–H groups in total. The van der Waals surface area contributed by atoms with Gasteiger partial charge in [-0.1, -0.05) is 140 Å². The van der Waals surface area contributed by atoms with Gasteiger partial charge in [0.2, 0.25) is 0 Å². The SMILES string of the molecule is c1ccc(-c2nc(-c3cccc(-c4ccc(-n5c6ccccc6c6ccccc65)cc4)c3)nc(-c3cccc4c3-c3ccccc3C43C4CC5CC(C4)CC3C5)n2)cc1. The number of rotatable bonds is 5. The van der Waals surface area contributed by atoms with E-state index in [4.69, 9.17) is 15.0 Å². The van der Waals surface area contributed by atoms with Crippen LogP contribution in [0.5, 0.6) is 0 Å². The lowest BCUT2D eigenvalue weighted by atomic mass is 9.43. The molecule has 4 heteroatoms. The van der Waals surface area contributed by atoms with Crippen molar-refractivity contribution in [2.45, 2.75) is 37.5 Å². The second-order valence-electron chi connectivity index (χ2n) is 17.6. The van der Waals surface area contributed by atoms with Gasteiger partial charge in [-0.25, -0.2) is 15.0 Å². The van der Waals surface area contributed by atoms with E-state index in [9.17, 15) is 0 Å². The Morgan fingerprint density at radius 2 is 0.949 bits per heavy atom. The zero-order valence-electron chi connectivity index (χ0n) is 32.8. The fourth-order valence-corrected chi connectivity index (χ4v) is 12.6. The Kier molecular flexibility index (Phi) is 7.16. The topological polar surface area (TPSA) is 43.6 Å². The van der Waals surface area contributed by atoms with E-state index in [1.807, 2.05) is 6.07 Å². The third-order valence-corrected chi connectivity index (χ3v) is 14.6. The molecular formula is C55H42N4. The molecule has 0 amide bonds. The molecule has 0 radical (unpaired) electrons. The summed E-state index contributed by atoms with van der Waals surface area (Å²) < 4.78 is 2.37. The smallest absolute Gasteiger partial charge is 0.164 e. The van der Waals surface area contributed by atoms with Gasteiger partial charge in [0.05, 0.1) is 11.0 Å². The molecule has 4 saturated carbocycles. The van der Waals surface area contributed by atoms with Gasteiger partial charge in [0.25, 0.3) is 0 Å². The van der Waals surface area contributed by atoms with E-state index in [-0.39, 0.29) is 5.41 Å². The predicted molar refractivity (Wildman–Crippen MR) is 239 cm³/mol. The summed E-state index contributed by atoms with van der Waals surface area (Å²) in [6.07, 6.45) is 6.88. The van der Waals surface area contributed by atoms with Gasteiger partial charge in [-0.15, -0.1) is 0 Å². The van der Waals surface area contributed by atoms with Crippen LogP contribution in [0, 0.1) is 23.7 Å². The molecule has 5 aliphatic carbocycles. The molecule has 7 aromatic carbocycles. The molecule has 4 bridgehead atoms. The van der Waals surface area contributed by atoms with E-state index in [1.165, 1.54) is 70.6 Å². The van der Waals surface area contributed by atoms with Crippen molar-refractivity contribution in [2.24, 2.45) is 23.7 Å². The Morgan fingerprint density at radius 3 is 1.68 bits per heavy atom. The summed E-state index contributed by atoms with van der Waals surface area (Å²) in [5.74, 6) is 5.31. The van der Waals surface area contributed by atoms with Crippen LogP contribution in [0.2, 0.25) is 0 Å². The molecule has 282 valence electrons. The van der Waals surface area contributed by atoms with E-state index in [1.54, 1.807) is 5.56 Å². The average Bonchev–Trinajstić information content (AvgIpc) is 3.79. The molecule has 5 aliphatic rings. The second-order valence-corrected chi connectivity index (χ2v) is 17.6. The molecule has 2 aromatic heterocycles. The predicted octanol–water partition coefficient (Wildman–Crippen LogP) is 13.4. The number of benzene rings is 7. The molecule has 0 atom stereocenters. The normalized spacial score (nSPS) is 22.3. The lowest BCUT2D eigenvalue weighted by molar-refractivity contribution is -0.0399. The van der Waals surface area contributed by atoms with E-state index in [0.717, 1.165) is 51.2 Å². The van der Waals surface area contributed by atoms with Crippen LogP contribution in [-0.4, -0.2) is 19.5 Å². The minimum Gasteiger partial charge on any atom is -0.309 e. The van der Waals surface area contributed by atoms with E-state index in [0.29, 0.717) is 23.5 Å². The Labute approximate surface area is 344 Å². The lowest BCUT2D eigenvalue weighted by Gasteiger charge is -2.61. The van der Waals surface area contributed by atoms with Crippen molar-refractivity contribution < 1.29 is 0 Å². The van der Waals surface area contributed by atoms with Crippen molar-refractivity contribution in [2.75, 3.05) is 0 Å². The Balaban J connectivity index is 0.935. The minimum absolute atomic E-state index is 0.0822. The van der Waals surface area contributed by atoms with Crippen molar-refractivity contribution >= 4 is 21.8 Å². The number of hydrogen-bond acceptors (Lipinski definition) is 3. The van der Waals surface area contributed by atoms with E-state index >= 15 is 0 Å². The summed E-state index contributed by atoms with van der Waals surface area (Å²) in [5, 5.41) is 2.53. The fourth-order valence-electron chi connectivity index (χ4n) is 12.6. The van der Waals surface area contributed by atoms with Gasteiger partial charge < -0.3 is 4.57 Å². The largest absolute Gasteiger partial charge is 0.309 e. The van der Waals surface area contributed by atoms with Crippen molar-refractivity contribution in [3.63, 3.8) is 0 Å². The first-order valence-electron chi connectivity index (χ1n) is 21.5. The van der Waals surface area contributed by atoms with Gasteiger partial charge in [-0.3, -0.25) is 0 Å². The summed E-state index contributed by atoms with van der Waals surface area (Å²) in [6.45, 7) is 0. The van der Waals surface area contributed by atoms with Crippen LogP contribution in [-0.2, 0) is 5.41 Å². The van der Waals surface area contributed by atoms with E-state index < -0.39 is 0 Å². The van der Waals surface area contributed by atoms with Crippen LogP contribution in [0.25, 0.3) is 83.9 Å². The molecule has 1 spiro atoms. The Morgan fingerprint density at radius 1 is 0.407 bits per heavy atom. The van der Waals surface area contributed by atoms with Gasteiger partial charge in [-0.05, 0) is 119 Å². The van der Waals surface area contributed by atoms with Crippen LogP contribution < -0.4 is 0 Å². The highest BCUT2D eigenvalue weighted by atomic mass is 15.0. The Bertz CT molecular complexity index is 3040. The third kappa shape index (κ3) is 4.86. The number of aromatic nitrogens is 4. The maximum Gasteiger partial charge on any atom is 0.164 e. The van der Waals surface area contributed by atoms with Gasteiger partial charge in [-0.2, -0.15) is 0 Å². The van der Waals surface area contributed by atoms with Gasteiger partial charge >= 0.3 is 0 Å². The number of hydrogen-bond donors (Lipinski definition) is 0. The fraction of sp³-hybridized carbons (Fsp3) is 0.182. The van der Waals surface area contributed by atoms with Crippen LogP contribution in [0.3, 0.4) is 0 Å². The minimum atomic E-state index is 0.0822. The molecule has 14 rings (SSSR count). The van der Waals surface area contributed by atoms with Crippen LogP contribution >= 0.6 is 0 Å². The van der Waals surface area contributed by atoms with Crippen molar-refractivity contribution in [1.82, 2.24) is 19.5 Å². The quantitative estimate of drug-likeness (QED) is 0.176. The maximum absolute atomic E-state index is 5.39. The monoisotopic (exact) mass is 758 g/mol. The van der Waals surface area contributed by atoms with Crippen molar-refractivity contribution in [1.29, 1.82) is 0 Å². The van der Waals surface area contributed by atoms with Crippen LogP contribution in [0.1, 0.15) is 43.2 Å². The molecule has 0 aliphatic heterocycles. The number of nitrogens with zero attached hydrogens (tertiary/aromatic N) is 4. The third-order valence-electron chi connectivity index (χ3n) is 14.6. The lowest BCUT2D eigenvalue weighted by Crippen LogP contribution is -2.55. The highest BCUT2D eigenvalue weighted by molar-refractivity contribution is 6.09. The molecule has 0 saturated heterocycles. The highest BCUT2D eigenvalue weighted by Crippen LogP contribution is 2.70. The molecule has 59 heavy (non-hydrogen) atoms. The van der Waals surface area contributed by atoms with Gasteiger partial charge in [0.15, 0.2) is 17.5 Å². The van der Waals surface area contributed by atoms with Gasteiger partial charge in [0.1, 0.15) is 0 Å². The molecule has 4 fully saturated rings. The zero-order chi connectivity index (χ0) is 38.7. The van der Waals surface area contributed by atoms with Gasteiger partial charge in [0, 0.05) is 38.6 Å². The first-order chi connectivity index (χ1) is 29.2. The van der Waals surface area contributed by atoms with Crippen LogP contribution in [0.4, 0.5) is 0 Å². The summed E-state index contributed by atoms with van der Waals surface area (Å²) in [6, 6.07) is 61.7. The number of para-hydroxylation sites is 2. The maximum atomic E-state index is 5.39. The summed E-state index contributed by atoms with van der Waals surface area (Å²) in [5.41, 5.74) is 14.8. The highest BCUT2D eigenvalue weighted by Gasteiger charge is 2.61. The molecular weight excluding hydrogens is 717 g/mol. The molecule has 0 unspecified atom stereocenters. The Hall–Kier alpha value is -6.65.